The summed E-state index contributed by atoms with van der Waals surface area (Å²) in [6.07, 6.45) is 6.47. The predicted octanol–water partition coefficient (Wildman–Crippen LogP) is 3.53. The van der Waals surface area contributed by atoms with Crippen LogP contribution in [-0.2, 0) is 19.4 Å². The van der Waals surface area contributed by atoms with E-state index in [0.29, 0.717) is 6.04 Å². The van der Waals surface area contributed by atoms with Gasteiger partial charge in [-0.05, 0) is 75.3 Å². The molecule has 1 unspecified atom stereocenters. The van der Waals surface area contributed by atoms with Crippen molar-refractivity contribution in [2.45, 2.75) is 51.6 Å². The Hall–Kier alpha value is -1.48. The molecule has 1 N–H and O–H groups in total. The topological polar surface area (TPSA) is 26.2 Å². The molecule has 2 aliphatic rings. The van der Waals surface area contributed by atoms with Crippen molar-refractivity contribution in [3.63, 3.8) is 0 Å². The molecule has 0 radical (unpaired) electrons. The molecule has 0 bridgehead atoms. The molecule has 1 aromatic heterocycles. The van der Waals surface area contributed by atoms with E-state index in [2.05, 4.69) is 35.0 Å². The number of fused-ring (bicyclic) bond motifs is 3. The molecule has 1 atom stereocenters. The Bertz CT molecular complexity index is 684. The van der Waals surface area contributed by atoms with Gasteiger partial charge < -0.3 is 14.6 Å². The Morgan fingerprint density at radius 1 is 1.36 bits per heavy atom. The largest absolute Gasteiger partial charge is 0.497 e. The van der Waals surface area contributed by atoms with Crippen molar-refractivity contribution in [2.75, 3.05) is 13.7 Å². The minimum absolute atomic E-state index is 0.544. The second kappa shape index (κ2) is 5.62. The first-order valence-electron chi connectivity index (χ1n) is 8.67. The van der Waals surface area contributed by atoms with Crippen LogP contribution in [0.4, 0.5) is 0 Å². The van der Waals surface area contributed by atoms with Gasteiger partial charge >= 0.3 is 0 Å². The Labute approximate surface area is 132 Å². The highest BCUT2D eigenvalue weighted by atomic mass is 16.5. The number of nitrogens with zero attached hydrogens (tertiary/aromatic N) is 1. The maximum absolute atomic E-state index is 5.45. The van der Waals surface area contributed by atoms with Gasteiger partial charge in [0.15, 0.2) is 0 Å². The molecular formula is C19H26N2O. The molecule has 3 nitrogen and oxygen atoms in total. The maximum Gasteiger partial charge on any atom is 0.119 e. The summed E-state index contributed by atoms with van der Waals surface area (Å²) in [6, 6.07) is 7.09. The average Bonchev–Trinajstić information content (AvgIpc) is 3.17. The summed E-state index contributed by atoms with van der Waals surface area (Å²) in [5, 5.41) is 5.12. The summed E-state index contributed by atoms with van der Waals surface area (Å²) < 4.78 is 7.97. The van der Waals surface area contributed by atoms with Crippen molar-refractivity contribution in [2.24, 2.45) is 5.92 Å². The molecule has 0 saturated heterocycles. The van der Waals surface area contributed by atoms with E-state index in [1.165, 1.54) is 49.7 Å². The Morgan fingerprint density at radius 3 is 3.00 bits per heavy atom. The SMILES string of the molecule is COc1ccc2c(c1)c(CC(C)NCC1CC1)c1n2CCC1. The van der Waals surface area contributed by atoms with Gasteiger partial charge in [0.25, 0.3) is 0 Å². The summed E-state index contributed by atoms with van der Waals surface area (Å²) in [5.74, 6) is 1.91. The van der Waals surface area contributed by atoms with Crippen LogP contribution in [0.1, 0.15) is 37.4 Å². The van der Waals surface area contributed by atoms with E-state index >= 15 is 0 Å². The minimum atomic E-state index is 0.544. The van der Waals surface area contributed by atoms with Crippen molar-refractivity contribution in [1.82, 2.24) is 9.88 Å². The normalized spacial score (nSPS) is 18.6. The summed E-state index contributed by atoms with van der Waals surface area (Å²) in [7, 11) is 1.75. The number of nitrogens with one attached hydrogen (secondary N) is 1. The molecule has 22 heavy (non-hydrogen) atoms. The molecule has 1 aliphatic heterocycles. The number of aromatic nitrogens is 1. The lowest BCUT2D eigenvalue weighted by Gasteiger charge is -2.14. The first kappa shape index (κ1) is 14.1. The number of rotatable bonds is 6. The van der Waals surface area contributed by atoms with Crippen LogP contribution in [0.3, 0.4) is 0 Å². The van der Waals surface area contributed by atoms with E-state index in [1.54, 1.807) is 18.4 Å². The van der Waals surface area contributed by atoms with Crippen LogP contribution >= 0.6 is 0 Å². The number of benzene rings is 1. The van der Waals surface area contributed by atoms with E-state index in [9.17, 15) is 0 Å². The van der Waals surface area contributed by atoms with Crippen molar-refractivity contribution in [1.29, 1.82) is 0 Å². The zero-order chi connectivity index (χ0) is 15.1. The smallest absolute Gasteiger partial charge is 0.119 e. The average molecular weight is 298 g/mol. The van der Waals surface area contributed by atoms with Crippen LogP contribution < -0.4 is 10.1 Å². The minimum Gasteiger partial charge on any atom is -0.497 e. The highest BCUT2D eigenvalue weighted by Gasteiger charge is 2.24. The molecule has 1 saturated carbocycles. The standard InChI is InChI=1S/C19H26N2O/c1-13(20-12-14-5-6-14)10-16-17-11-15(22-2)7-8-19(17)21-9-3-4-18(16)21/h7-8,11,13-14,20H,3-6,9-10,12H2,1-2H3. The third-order valence-electron chi connectivity index (χ3n) is 5.25. The van der Waals surface area contributed by atoms with E-state index in [4.69, 9.17) is 4.74 Å². The fourth-order valence-electron chi connectivity index (χ4n) is 3.82. The number of hydrogen-bond acceptors (Lipinski definition) is 2. The van der Waals surface area contributed by atoms with Crippen LogP contribution in [0.5, 0.6) is 5.75 Å². The van der Waals surface area contributed by atoms with Crippen LogP contribution in [0.2, 0.25) is 0 Å². The third kappa shape index (κ3) is 2.52. The Balaban J connectivity index is 1.65. The zero-order valence-corrected chi connectivity index (χ0v) is 13.7. The van der Waals surface area contributed by atoms with Crippen LogP contribution in [-0.4, -0.2) is 24.3 Å². The molecular weight excluding hydrogens is 272 g/mol. The molecule has 3 heteroatoms. The lowest BCUT2D eigenvalue weighted by Crippen LogP contribution is -2.30. The quantitative estimate of drug-likeness (QED) is 0.883. The van der Waals surface area contributed by atoms with E-state index < -0.39 is 0 Å². The van der Waals surface area contributed by atoms with E-state index in [1.807, 2.05) is 0 Å². The number of aryl methyl sites for hydroxylation is 1. The number of hydrogen-bond donors (Lipinski definition) is 1. The van der Waals surface area contributed by atoms with Crippen molar-refractivity contribution >= 4 is 10.9 Å². The second-order valence-electron chi connectivity index (χ2n) is 7.02. The van der Waals surface area contributed by atoms with Gasteiger partial charge in [-0.1, -0.05) is 0 Å². The van der Waals surface area contributed by atoms with Gasteiger partial charge in [-0.25, -0.2) is 0 Å². The van der Waals surface area contributed by atoms with Crippen molar-refractivity contribution < 1.29 is 4.74 Å². The summed E-state index contributed by atoms with van der Waals surface area (Å²) >= 11 is 0. The Morgan fingerprint density at radius 2 is 2.23 bits per heavy atom. The van der Waals surface area contributed by atoms with Crippen LogP contribution in [0.15, 0.2) is 18.2 Å². The van der Waals surface area contributed by atoms with Gasteiger partial charge in [0.2, 0.25) is 0 Å². The zero-order valence-electron chi connectivity index (χ0n) is 13.7. The first-order valence-corrected chi connectivity index (χ1v) is 8.67. The van der Waals surface area contributed by atoms with Crippen LogP contribution in [0.25, 0.3) is 10.9 Å². The molecule has 0 amide bonds. The first-order chi connectivity index (χ1) is 10.8. The molecule has 118 valence electrons. The molecule has 1 aliphatic carbocycles. The lowest BCUT2D eigenvalue weighted by molar-refractivity contribution is 0.415. The maximum atomic E-state index is 5.45. The van der Waals surface area contributed by atoms with Gasteiger partial charge in [0.05, 0.1) is 7.11 Å². The lowest BCUT2D eigenvalue weighted by atomic mass is 10.0. The third-order valence-corrected chi connectivity index (χ3v) is 5.25. The van der Waals surface area contributed by atoms with Crippen molar-refractivity contribution in [3.05, 3.63) is 29.5 Å². The monoisotopic (exact) mass is 298 g/mol. The highest BCUT2D eigenvalue weighted by molar-refractivity contribution is 5.87. The van der Waals surface area contributed by atoms with Gasteiger partial charge in [0, 0.05) is 29.2 Å². The van der Waals surface area contributed by atoms with Gasteiger partial charge in [-0.15, -0.1) is 0 Å². The van der Waals surface area contributed by atoms with Gasteiger partial charge in [0.1, 0.15) is 5.75 Å². The highest BCUT2D eigenvalue weighted by Crippen LogP contribution is 2.34. The molecule has 2 heterocycles. The summed E-state index contributed by atoms with van der Waals surface area (Å²) in [4.78, 5) is 0. The van der Waals surface area contributed by atoms with E-state index in [0.717, 1.165) is 18.1 Å². The summed E-state index contributed by atoms with van der Waals surface area (Å²) in [5.41, 5.74) is 4.49. The summed E-state index contributed by atoms with van der Waals surface area (Å²) in [6.45, 7) is 4.69. The fraction of sp³-hybridized carbons (Fsp3) is 0.579. The van der Waals surface area contributed by atoms with Gasteiger partial charge in [-0.2, -0.15) is 0 Å². The second-order valence-corrected chi connectivity index (χ2v) is 7.02. The molecule has 1 fully saturated rings. The van der Waals surface area contributed by atoms with Crippen molar-refractivity contribution in [3.8, 4) is 5.75 Å². The molecule has 0 spiro atoms. The molecule has 4 rings (SSSR count). The van der Waals surface area contributed by atoms with Crippen LogP contribution in [0, 0.1) is 5.92 Å². The fourth-order valence-corrected chi connectivity index (χ4v) is 3.82. The van der Waals surface area contributed by atoms with E-state index in [-0.39, 0.29) is 0 Å². The molecule has 2 aromatic rings. The predicted molar refractivity (Wildman–Crippen MR) is 90.7 cm³/mol. The molecule has 1 aromatic carbocycles. The Kier molecular flexibility index (Phi) is 3.61. The van der Waals surface area contributed by atoms with Gasteiger partial charge in [-0.3, -0.25) is 0 Å². The number of ether oxygens (including phenoxy) is 1. The number of methoxy groups -OCH3 is 1.